The fraction of sp³-hybridized carbons (Fsp3) is 0.308. The molecule has 0 radical (unpaired) electrons. The van der Waals surface area contributed by atoms with E-state index >= 15 is 0 Å². The van der Waals surface area contributed by atoms with Crippen LogP contribution in [0.1, 0.15) is 25.0 Å². The zero-order valence-electron chi connectivity index (χ0n) is 9.95. The number of carbonyl (C=O) groups excluding carboxylic acids is 1. The summed E-state index contributed by atoms with van der Waals surface area (Å²) in [5, 5.41) is 3.30. The lowest BCUT2D eigenvalue weighted by molar-refractivity contribution is -0.132. The van der Waals surface area contributed by atoms with Crippen LogP contribution in [0, 0.1) is 0 Å². The van der Waals surface area contributed by atoms with Crippen molar-refractivity contribution in [2.75, 3.05) is 0 Å². The number of thiophene rings is 1. The van der Waals surface area contributed by atoms with Gasteiger partial charge < -0.3 is 0 Å². The monoisotopic (exact) mass is 249 g/mol. The number of amides is 1. The highest BCUT2D eigenvalue weighted by molar-refractivity contribution is 7.17. The van der Waals surface area contributed by atoms with Gasteiger partial charge in [0.25, 0.3) is 0 Å². The Bertz CT molecular complexity index is 533. The number of hydroxylamine groups is 1. The van der Waals surface area contributed by atoms with Crippen LogP contribution in [0.4, 0.5) is 0 Å². The van der Waals surface area contributed by atoms with E-state index in [1.54, 1.807) is 11.3 Å². The Morgan fingerprint density at radius 2 is 2.29 bits per heavy atom. The zero-order chi connectivity index (χ0) is 12.3. The van der Waals surface area contributed by atoms with Crippen LogP contribution in [0.15, 0.2) is 23.6 Å². The smallest absolute Gasteiger partial charge is 0.240 e. The number of hydrogen-bond donors (Lipinski definition) is 1. The Hall–Kier alpha value is -1.39. The van der Waals surface area contributed by atoms with Crippen molar-refractivity contribution in [3.8, 4) is 0 Å². The van der Waals surface area contributed by atoms with Gasteiger partial charge in [0.2, 0.25) is 5.91 Å². The highest BCUT2D eigenvalue weighted by atomic mass is 32.1. The van der Waals surface area contributed by atoms with Gasteiger partial charge in [-0.2, -0.15) is 0 Å². The molecule has 0 aliphatic carbocycles. The lowest BCUT2D eigenvalue weighted by atomic mass is 10.1. The second-order valence-electron chi connectivity index (χ2n) is 3.89. The summed E-state index contributed by atoms with van der Waals surface area (Å²) in [6.45, 7) is 3.98. The number of carbonyl (C=O) groups is 1. The highest BCUT2D eigenvalue weighted by Crippen LogP contribution is 2.27. The SMILES string of the molecule is CCc1ccc2scc(CONC(C)=O)c2c1. The van der Waals surface area contributed by atoms with E-state index < -0.39 is 0 Å². The number of benzene rings is 1. The van der Waals surface area contributed by atoms with Crippen LogP contribution in [-0.4, -0.2) is 5.91 Å². The number of rotatable bonds is 4. The maximum absolute atomic E-state index is 10.7. The van der Waals surface area contributed by atoms with Gasteiger partial charge in [0.15, 0.2) is 0 Å². The average molecular weight is 249 g/mol. The molecular weight excluding hydrogens is 234 g/mol. The van der Waals surface area contributed by atoms with Gasteiger partial charge in [0.1, 0.15) is 6.61 Å². The Morgan fingerprint density at radius 3 is 3.00 bits per heavy atom. The second-order valence-corrected chi connectivity index (χ2v) is 4.80. The summed E-state index contributed by atoms with van der Waals surface area (Å²) < 4.78 is 1.25. The summed E-state index contributed by atoms with van der Waals surface area (Å²) in [4.78, 5) is 15.8. The summed E-state index contributed by atoms with van der Waals surface area (Å²) in [5.41, 5.74) is 4.78. The molecule has 0 atom stereocenters. The first-order valence-electron chi connectivity index (χ1n) is 5.58. The fourth-order valence-corrected chi connectivity index (χ4v) is 2.60. The minimum Gasteiger partial charge on any atom is -0.273 e. The molecule has 3 nitrogen and oxygen atoms in total. The molecular formula is C13H15NO2S. The van der Waals surface area contributed by atoms with Gasteiger partial charge in [0.05, 0.1) is 0 Å². The molecule has 1 heterocycles. The van der Waals surface area contributed by atoms with Crippen molar-refractivity contribution >= 4 is 27.3 Å². The Morgan fingerprint density at radius 1 is 1.47 bits per heavy atom. The quantitative estimate of drug-likeness (QED) is 0.846. The van der Waals surface area contributed by atoms with Crippen LogP contribution >= 0.6 is 11.3 Å². The first kappa shape index (κ1) is 12.1. The topological polar surface area (TPSA) is 38.3 Å². The number of fused-ring (bicyclic) bond motifs is 1. The third kappa shape index (κ3) is 2.84. The van der Waals surface area contributed by atoms with Gasteiger partial charge in [-0.05, 0) is 40.4 Å². The van der Waals surface area contributed by atoms with E-state index in [2.05, 4.69) is 36.0 Å². The van der Waals surface area contributed by atoms with Gasteiger partial charge >= 0.3 is 0 Å². The molecule has 1 aromatic carbocycles. The van der Waals surface area contributed by atoms with E-state index in [0.29, 0.717) is 6.61 Å². The molecule has 0 fully saturated rings. The van der Waals surface area contributed by atoms with E-state index in [0.717, 1.165) is 12.0 Å². The molecule has 1 amide bonds. The lowest BCUT2D eigenvalue weighted by Crippen LogP contribution is -2.19. The van der Waals surface area contributed by atoms with Crippen LogP contribution < -0.4 is 5.48 Å². The van der Waals surface area contributed by atoms with E-state index in [9.17, 15) is 4.79 Å². The predicted octanol–water partition coefficient (Wildman–Crippen LogP) is 3.03. The van der Waals surface area contributed by atoms with Crippen molar-refractivity contribution < 1.29 is 9.63 Å². The molecule has 0 spiro atoms. The molecule has 2 rings (SSSR count). The fourth-order valence-electron chi connectivity index (χ4n) is 1.68. The summed E-state index contributed by atoms with van der Waals surface area (Å²) in [5.74, 6) is -0.182. The van der Waals surface area contributed by atoms with Gasteiger partial charge in [-0.15, -0.1) is 11.3 Å². The van der Waals surface area contributed by atoms with Crippen molar-refractivity contribution in [2.45, 2.75) is 26.9 Å². The minimum atomic E-state index is -0.182. The Balaban J connectivity index is 2.19. The van der Waals surface area contributed by atoms with Crippen LogP contribution in [0.25, 0.3) is 10.1 Å². The largest absolute Gasteiger partial charge is 0.273 e. The molecule has 90 valence electrons. The van der Waals surface area contributed by atoms with Gasteiger partial charge in [0, 0.05) is 11.6 Å². The van der Waals surface area contributed by atoms with Crippen molar-refractivity contribution in [2.24, 2.45) is 0 Å². The Kier molecular flexibility index (Phi) is 3.76. The van der Waals surface area contributed by atoms with Crippen LogP contribution in [0.5, 0.6) is 0 Å². The van der Waals surface area contributed by atoms with Crippen LogP contribution in [0.2, 0.25) is 0 Å². The van der Waals surface area contributed by atoms with Crippen molar-refractivity contribution in [3.05, 3.63) is 34.7 Å². The first-order valence-corrected chi connectivity index (χ1v) is 6.46. The number of aryl methyl sites for hydroxylation is 1. The predicted molar refractivity (Wildman–Crippen MR) is 69.8 cm³/mol. The third-order valence-electron chi connectivity index (χ3n) is 2.57. The second kappa shape index (κ2) is 5.29. The van der Waals surface area contributed by atoms with E-state index in [1.807, 2.05) is 0 Å². The van der Waals surface area contributed by atoms with Gasteiger partial charge in [-0.25, -0.2) is 5.48 Å². The molecule has 0 bridgehead atoms. The molecule has 4 heteroatoms. The molecule has 2 aromatic rings. The molecule has 0 aliphatic heterocycles. The van der Waals surface area contributed by atoms with Crippen molar-refractivity contribution in [1.29, 1.82) is 0 Å². The summed E-state index contributed by atoms with van der Waals surface area (Å²) >= 11 is 1.70. The summed E-state index contributed by atoms with van der Waals surface area (Å²) in [6.07, 6.45) is 1.03. The van der Waals surface area contributed by atoms with Crippen molar-refractivity contribution in [1.82, 2.24) is 5.48 Å². The maximum Gasteiger partial charge on any atom is 0.240 e. The van der Waals surface area contributed by atoms with Crippen LogP contribution in [0.3, 0.4) is 0 Å². The first-order chi connectivity index (χ1) is 8.20. The average Bonchev–Trinajstić information content (AvgIpc) is 2.71. The summed E-state index contributed by atoms with van der Waals surface area (Å²) in [7, 11) is 0. The number of nitrogens with one attached hydrogen (secondary N) is 1. The molecule has 0 saturated carbocycles. The minimum absolute atomic E-state index is 0.182. The standard InChI is InChI=1S/C13H15NO2S/c1-3-10-4-5-13-12(6-10)11(8-17-13)7-16-14-9(2)15/h4-6,8H,3,7H2,1-2H3,(H,14,15). The van der Waals surface area contributed by atoms with Crippen LogP contribution in [-0.2, 0) is 22.7 Å². The summed E-state index contributed by atoms with van der Waals surface area (Å²) in [6, 6.07) is 6.48. The number of hydrogen-bond acceptors (Lipinski definition) is 3. The highest BCUT2D eigenvalue weighted by Gasteiger charge is 2.05. The van der Waals surface area contributed by atoms with Gasteiger partial charge in [-0.3, -0.25) is 9.63 Å². The lowest BCUT2D eigenvalue weighted by Gasteiger charge is -2.03. The molecule has 1 aromatic heterocycles. The third-order valence-corrected chi connectivity index (χ3v) is 3.58. The molecule has 17 heavy (non-hydrogen) atoms. The van der Waals surface area contributed by atoms with Crippen molar-refractivity contribution in [3.63, 3.8) is 0 Å². The molecule has 1 N–H and O–H groups in total. The molecule has 0 aliphatic rings. The Labute approximate surface area is 104 Å². The molecule has 0 saturated heterocycles. The normalized spacial score (nSPS) is 10.7. The maximum atomic E-state index is 10.7. The van der Waals surface area contributed by atoms with E-state index in [-0.39, 0.29) is 5.91 Å². The zero-order valence-corrected chi connectivity index (χ0v) is 10.8. The molecule has 0 unspecified atom stereocenters. The van der Waals surface area contributed by atoms with Gasteiger partial charge in [-0.1, -0.05) is 13.0 Å². The van der Waals surface area contributed by atoms with E-state index in [4.69, 9.17) is 4.84 Å². The van der Waals surface area contributed by atoms with E-state index in [1.165, 1.54) is 22.6 Å².